The topological polar surface area (TPSA) is 96.2 Å². The summed E-state index contributed by atoms with van der Waals surface area (Å²) in [6.45, 7) is 1.08. The molecule has 0 saturated heterocycles. The second kappa shape index (κ2) is 9.18. The monoisotopic (exact) mass is 286 g/mol. The number of anilines is 1. The molecule has 0 spiro atoms. The summed E-state index contributed by atoms with van der Waals surface area (Å²) in [6, 6.07) is 6.55. The Hall–Kier alpha value is -1.79. The third-order valence-corrected chi connectivity index (χ3v) is 2.29. The molecule has 0 bridgehead atoms. The predicted molar refractivity (Wildman–Crippen MR) is 77.3 cm³/mol. The number of nitrogens with two attached hydrogens (primary N) is 1. The molecule has 0 atom stereocenters. The molecule has 0 saturated carbocycles. The van der Waals surface area contributed by atoms with Crippen LogP contribution in [0.25, 0.3) is 0 Å². The number of carbonyl (C=O) groups excluding carboxylic acids is 2. The van der Waals surface area contributed by atoms with Crippen LogP contribution in [0.5, 0.6) is 0 Å². The first-order valence-corrected chi connectivity index (χ1v) is 5.68. The first kappa shape index (κ1) is 17.2. The van der Waals surface area contributed by atoms with Gasteiger partial charge in [0.1, 0.15) is 0 Å². The van der Waals surface area contributed by atoms with Gasteiger partial charge in [0.05, 0.1) is 0 Å². The summed E-state index contributed by atoms with van der Waals surface area (Å²) in [4.78, 5) is 22.1. The van der Waals surface area contributed by atoms with E-state index in [1.54, 1.807) is 25.2 Å². The second-order valence-corrected chi connectivity index (χ2v) is 3.82. The van der Waals surface area contributed by atoms with Crippen molar-refractivity contribution in [3.63, 3.8) is 0 Å². The maximum Gasteiger partial charge on any atom is 0.316 e. The average molecular weight is 287 g/mol. The van der Waals surface area contributed by atoms with Gasteiger partial charge in [0.2, 0.25) is 5.91 Å². The zero-order chi connectivity index (χ0) is 13.4. The van der Waals surface area contributed by atoms with Gasteiger partial charge in [-0.1, -0.05) is 12.1 Å². The van der Waals surface area contributed by atoms with Crippen molar-refractivity contribution in [1.82, 2.24) is 10.6 Å². The molecule has 19 heavy (non-hydrogen) atoms. The molecule has 5 N–H and O–H groups in total. The Morgan fingerprint density at radius 2 is 2.05 bits per heavy atom. The van der Waals surface area contributed by atoms with E-state index in [0.29, 0.717) is 25.2 Å². The van der Waals surface area contributed by atoms with Gasteiger partial charge in [0.15, 0.2) is 0 Å². The highest BCUT2D eigenvalue weighted by molar-refractivity contribution is 5.87. The van der Waals surface area contributed by atoms with E-state index in [0.717, 1.165) is 5.56 Å². The van der Waals surface area contributed by atoms with Crippen LogP contribution in [0, 0.1) is 0 Å². The maximum absolute atomic E-state index is 11.4. The summed E-state index contributed by atoms with van der Waals surface area (Å²) in [5, 5.41) is 8.18. The largest absolute Gasteiger partial charge is 0.352 e. The van der Waals surface area contributed by atoms with Gasteiger partial charge in [0, 0.05) is 25.2 Å². The Balaban J connectivity index is 0.00000324. The van der Waals surface area contributed by atoms with Crippen LogP contribution in [0.4, 0.5) is 10.5 Å². The van der Waals surface area contributed by atoms with Gasteiger partial charge in [-0.25, -0.2) is 4.79 Å². The summed E-state index contributed by atoms with van der Waals surface area (Å²) in [5.74, 6) is -0.0161. The molecule has 7 heteroatoms. The predicted octanol–water partition coefficient (Wildman–Crippen LogP) is 0.825. The van der Waals surface area contributed by atoms with Crippen molar-refractivity contribution in [1.29, 1.82) is 0 Å². The first-order chi connectivity index (χ1) is 8.61. The average Bonchev–Trinajstić information content (AvgIpc) is 2.33. The fourth-order valence-electron chi connectivity index (χ4n) is 1.43. The fourth-order valence-corrected chi connectivity index (χ4v) is 1.43. The van der Waals surface area contributed by atoms with Crippen molar-refractivity contribution in [3.05, 3.63) is 29.8 Å². The molecule has 1 aromatic rings. The standard InChI is InChI=1S/C12H18N4O2.ClH/c1-14-6-5-11(17)15-8-9-3-2-4-10(7-9)16-12(13)18;/h2-4,7,14H,5-6,8H2,1H3,(H,15,17)(H3,13,16,18);1H. The van der Waals surface area contributed by atoms with E-state index in [9.17, 15) is 9.59 Å². The Labute approximate surface area is 118 Å². The fraction of sp³-hybridized carbons (Fsp3) is 0.333. The van der Waals surface area contributed by atoms with Gasteiger partial charge in [-0.2, -0.15) is 0 Å². The number of primary amides is 1. The highest BCUT2D eigenvalue weighted by Gasteiger charge is 2.01. The summed E-state index contributed by atoms with van der Waals surface area (Å²) < 4.78 is 0. The highest BCUT2D eigenvalue weighted by Crippen LogP contribution is 2.10. The van der Waals surface area contributed by atoms with Crippen LogP contribution in [0.1, 0.15) is 12.0 Å². The number of halogens is 1. The third kappa shape index (κ3) is 7.28. The van der Waals surface area contributed by atoms with Crippen LogP contribution in [0.3, 0.4) is 0 Å². The molecule has 1 aromatic carbocycles. The van der Waals surface area contributed by atoms with Gasteiger partial charge < -0.3 is 21.7 Å². The van der Waals surface area contributed by atoms with E-state index < -0.39 is 6.03 Å². The van der Waals surface area contributed by atoms with Crippen molar-refractivity contribution in [2.75, 3.05) is 18.9 Å². The minimum absolute atomic E-state index is 0. The van der Waals surface area contributed by atoms with Crippen molar-refractivity contribution < 1.29 is 9.59 Å². The second-order valence-electron chi connectivity index (χ2n) is 3.82. The van der Waals surface area contributed by atoms with Crippen LogP contribution in [-0.2, 0) is 11.3 Å². The Morgan fingerprint density at radius 1 is 1.32 bits per heavy atom. The molecule has 0 aliphatic rings. The Morgan fingerprint density at radius 3 is 2.68 bits per heavy atom. The summed E-state index contributed by atoms with van der Waals surface area (Å²) in [5.41, 5.74) is 6.54. The lowest BCUT2D eigenvalue weighted by Crippen LogP contribution is -2.26. The maximum atomic E-state index is 11.4. The summed E-state index contributed by atoms with van der Waals surface area (Å²) in [6.07, 6.45) is 0.440. The van der Waals surface area contributed by atoms with E-state index in [1.165, 1.54) is 0 Å². The minimum atomic E-state index is -0.606. The number of hydrogen-bond acceptors (Lipinski definition) is 3. The summed E-state index contributed by atoms with van der Waals surface area (Å²) in [7, 11) is 1.80. The number of hydrogen-bond donors (Lipinski definition) is 4. The van der Waals surface area contributed by atoms with E-state index in [4.69, 9.17) is 5.73 Å². The lowest BCUT2D eigenvalue weighted by Gasteiger charge is -2.07. The molecule has 0 heterocycles. The smallest absolute Gasteiger partial charge is 0.316 e. The van der Waals surface area contributed by atoms with Gasteiger partial charge in [-0.05, 0) is 24.7 Å². The quantitative estimate of drug-likeness (QED) is 0.623. The molecule has 0 aromatic heterocycles. The SMILES string of the molecule is CNCCC(=O)NCc1cccc(NC(N)=O)c1.Cl. The molecule has 6 nitrogen and oxygen atoms in total. The van der Waals surface area contributed by atoms with Gasteiger partial charge in [-0.3, -0.25) is 4.79 Å². The molecular weight excluding hydrogens is 268 g/mol. The normalized spacial score (nSPS) is 9.32. The number of rotatable bonds is 6. The lowest BCUT2D eigenvalue weighted by molar-refractivity contribution is -0.121. The molecule has 3 amide bonds. The molecule has 0 aliphatic heterocycles. The van der Waals surface area contributed by atoms with E-state index in [1.807, 2.05) is 6.07 Å². The van der Waals surface area contributed by atoms with Crippen molar-refractivity contribution in [2.45, 2.75) is 13.0 Å². The zero-order valence-corrected chi connectivity index (χ0v) is 11.5. The van der Waals surface area contributed by atoms with Crippen molar-refractivity contribution in [3.8, 4) is 0 Å². The number of carbonyl (C=O) groups is 2. The molecule has 0 aliphatic carbocycles. The minimum Gasteiger partial charge on any atom is -0.352 e. The number of benzene rings is 1. The summed E-state index contributed by atoms with van der Waals surface area (Å²) >= 11 is 0. The molecule has 0 unspecified atom stereocenters. The van der Waals surface area contributed by atoms with Crippen LogP contribution < -0.4 is 21.7 Å². The molecule has 1 rings (SSSR count). The van der Waals surface area contributed by atoms with Crippen LogP contribution in [0.2, 0.25) is 0 Å². The first-order valence-electron chi connectivity index (χ1n) is 5.68. The van der Waals surface area contributed by atoms with E-state index >= 15 is 0 Å². The van der Waals surface area contributed by atoms with E-state index in [2.05, 4.69) is 16.0 Å². The number of nitrogens with one attached hydrogen (secondary N) is 3. The van der Waals surface area contributed by atoms with Gasteiger partial charge in [-0.15, -0.1) is 12.4 Å². The lowest BCUT2D eigenvalue weighted by atomic mass is 10.2. The van der Waals surface area contributed by atoms with Crippen LogP contribution in [0.15, 0.2) is 24.3 Å². The van der Waals surface area contributed by atoms with E-state index in [-0.39, 0.29) is 18.3 Å². The van der Waals surface area contributed by atoms with Crippen molar-refractivity contribution >= 4 is 30.0 Å². The molecular formula is C12H19ClN4O2. The Kier molecular flexibility index (Phi) is 8.32. The van der Waals surface area contributed by atoms with Gasteiger partial charge >= 0.3 is 6.03 Å². The molecule has 0 fully saturated rings. The third-order valence-electron chi connectivity index (χ3n) is 2.29. The van der Waals surface area contributed by atoms with Gasteiger partial charge in [0.25, 0.3) is 0 Å². The Bertz CT molecular complexity index is 426. The number of urea groups is 1. The number of amides is 3. The molecule has 106 valence electrons. The molecule has 0 radical (unpaired) electrons. The zero-order valence-electron chi connectivity index (χ0n) is 10.7. The highest BCUT2D eigenvalue weighted by atomic mass is 35.5. The van der Waals surface area contributed by atoms with Crippen LogP contribution >= 0.6 is 12.4 Å². The van der Waals surface area contributed by atoms with Crippen LogP contribution in [-0.4, -0.2) is 25.5 Å². The van der Waals surface area contributed by atoms with Crippen molar-refractivity contribution in [2.24, 2.45) is 5.73 Å².